The number of hydrogen-bond donors (Lipinski definition) is 2. The van der Waals surface area contributed by atoms with E-state index in [0.29, 0.717) is 22.8 Å². The molecular weight excluding hydrogens is 312 g/mol. The van der Waals surface area contributed by atoms with Crippen LogP contribution in [0.25, 0.3) is 0 Å². The lowest BCUT2D eigenvalue weighted by Gasteiger charge is -2.34. The van der Waals surface area contributed by atoms with Gasteiger partial charge in [0, 0.05) is 29.0 Å². The van der Waals surface area contributed by atoms with Gasteiger partial charge >= 0.3 is 0 Å². The van der Waals surface area contributed by atoms with Gasteiger partial charge in [-0.25, -0.2) is 0 Å². The van der Waals surface area contributed by atoms with E-state index in [1.54, 1.807) is 18.2 Å². The Morgan fingerprint density at radius 3 is 2.87 bits per heavy atom. The third-order valence-electron chi connectivity index (χ3n) is 3.69. The zero-order valence-electron chi connectivity index (χ0n) is 13.1. The molecule has 0 aliphatic carbocycles. The van der Waals surface area contributed by atoms with E-state index in [-0.39, 0.29) is 23.6 Å². The molecule has 0 spiro atoms. The SMILES string of the molecule is C#CC(C)(C)N1C=CC(NC(=O)Cc2cc(Cl)ccc2O)=CC1. The maximum atomic E-state index is 12.1. The molecule has 1 aliphatic heterocycles. The van der Waals surface area contributed by atoms with Gasteiger partial charge in [-0.3, -0.25) is 4.79 Å². The standard InChI is InChI=1S/C18H19ClN2O2/c1-4-18(2,3)21-9-7-15(8-10-21)20-17(23)12-13-11-14(19)5-6-16(13)22/h1,5-9,11,22H,10,12H2,2-3H3,(H,20,23). The summed E-state index contributed by atoms with van der Waals surface area (Å²) in [5, 5.41) is 13.0. The molecule has 0 saturated heterocycles. The summed E-state index contributed by atoms with van der Waals surface area (Å²) in [4.78, 5) is 14.1. The predicted octanol–water partition coefficient (Wildman–Crippen LogP) is 2.83. The molecule has 2 N–H and O–H groups in total. The Hall–Kier alpha value is -2.38. The van der Waals surface area contributed by atoms with E-state index < -0.39 is 0 Å². The Labute approximate surface area is 141 Å². The highest BCUT2D eigenvalue weighted by Crippen LogP contribution is 2.22. The number of nitrogens with one attached hydrogen (secondary N) is 1. The van der Waals surface area contributed by atoms with Crippen molar-refractivity contribution < 1.29 is 9.90 Å². The maximum absolute atomic E-state index is 12.1. The number of nitrogens with zero attached hydrogens (tertiary/aromatic N) is 1. The lowest BCUT2D eigenvalue weighted by atomic mass is 10.0. The minimum atomic E-state index is -0.380. The van der Waals surface area contributed by atoms with Gasteiger partial charge in [0.2, 0.25) is 5.91 Å². The van der Waals surface area contributed by atoms with Crippen LogP contribution in [0.1, 0.15) is 19.4 Å². The van der Waals surface area contributed by atoms with Crippen molar-refractivity contribution in [2.45, 2.75) is 25.8 Å². The average Bonchev–Trinajstić information content (AvgIpc) is 2.51. The van der Waals surface area contributed by atoms with Crippen molar-refractivity contribution in [1.82, 2.24) is 10.2 Å². The van der Waals surface area contributed by atoms with Gasteiger partial charge in [0.1, 0.15) is 5.75 Å². The first-order valence-electron chi connectivity index (χ1n) is 7.22. The number of phenols is 1. The summed E-state index contributed by atoms with van der Waals surface area (Å²) in [5.74, 6) is 2.56. The second kappa shape index (κ2) is 6.80. The molecule has 0 saturated carbocycles. The van der Waals surface area contributed by atoms with Crippen LogP contribution in [0.5, 0.6) is 5.75 Å². The number of hydrogen-bond acceptors (Lipinski definition) is 3. The summed E-state index contributed by atoms with van der Waals surface area (Å²) in [6, 6.07) is 4.63. The summed E-state index contributed by atoms with van der Waals surface area (Å²) in [6.07, 6.45) is 11.1. The number of allylic oxidation sites excluding steroid dienone is 1. The van der Waals surface area contributed by atoms with Crippen LogP contribution in [0.15, 0.2) is 42.2 Å². The monoisotopic (exact) mass is 330 g/mol. The van der Waals surface area contributed by atoms with Gasteiger partial charge in [-0.05, 0) is 44.2 Å². The molecule has 1 aromatic rings. The number of phenolic OH excluding ortho intramolecular Hbond substituents is 1. The first kappa shape index (κ1) is 17.0. The van der Waals surface area contributed by atoms with Crippen LogP contribution in [0.3, 0.4) is 0 Å². The molecule has 1 aliphatic rings. The fourth-order valence-electron chi connectivity index (χ4n) is 2.16. The van der Waals surface area contributed by atoms with Crippen LogP contribution in [0.2, 0.25) is 5.02 Å². The van der Waals surface area contributed by atoms with Crippen molar-refractivity contribution in [3.63, 3.8) is 0 Å². The molecule has 5 heteroatoms. The number of terminal acetylenes is 1. The van der Waals surface area contributed by atoms with E-state index >= 15 is 0 Å². The molecule has 1 amide bonds. The molecule has 0 fully saturated rings. The molecule has 0 atom stereocenters. The van der Waals surface area contributed by atoms with Gasteiger partial charge in [-0.1, -0.05) is 17.5 Å². The fraction of sp³-hybridized carbons (Fsp3) is 0.278. The zero-order chi connectivity index (χ0) is 17.0. The van der Waals surface area contributed by atoms with Gasteiger partial charge in [0.25, 0.3) is 0 Å². The third-order valence-corrected chi connectivity index (χ3v) is 3.92. The van der Waals surface area contributed by atoms with Crippen LogP contribution < -0.4 is 5.32 Å². The smallest absolute Gasteiger partial charge is 0.228 e. The average molecular weight is 331 g/mol. The van der Waals surface area contributed by atoms with Gasteiger partial charge in [0.15, 0.2) is 0 Å². The number of carbonyl (C=O) groups is 1. The molecule has 0 radical (unpaired) electrons. The third kappa shape index (κ3) is 4.30. The quantitative estimate of drug-likeness (QED) is 0.835. The topological polar surface area (TPSA) is 52.6 Å². The Morgan fingerprint density at radius 2 is 2.26 bits per heavy atom. The van der Waals surface area contributed by atoms with Crippen molar-refractivity contribution in [3.8, 4) is 18.1 Å². The van der Waals surface area contributed by atoms with Gasteiger partial charge in [-0.15, -0.1) is 6.42 Å². The number of amides is 1. The Balaban J connectivity index is 1.96. The van der Waals surface area contributed by atoms with E-state index in [2.05, 4.69) is 11.2 Å². The summed E-state index contributed by atoms with van der Waals surface area (Å²) in [6.45, 7) is 4.53. The summed E-state index contributed by atoms with van der Waals surface area (Å²) < 4.78 is 0. The van der Waals surface area contributed by atoms with Gasteiger partial charge in [-0.2, -0.15) is 0 Å². The minimum absolute atomic E-state index is 0.0527. The summed E-state index contributed by atoms with van der Waals surface area (Å²) in [7, 11) is 0. The van der Waals surface area contributed by atoms with E-state index in [1.165, 1.54) is 6.07 Å². The van der Waals surface area contributed by atoms with Crippen molar-refractivity contribution in [2.75, 3.05) is 6.54 Å². The second-order valence-corrected chi connectivity index (χ2v) is 6.27. The molecule has 23 heavy (non-hydrogen) atoms. The molecule has 4 nitrogen and oxygen atoms in total. The van der Waals surface area contributed by atoms with Crippen LogP contribution in [0.4, 0.5) is 0 Å². The van der Waals surface area contributed by atoms with E-state index in [4.69, 9.17) is 18.0 Å². The lowest BCUT2D eigenvalue weighted by Crippen LogP contribution is -2.40. The zero-order valence-corrected chi connectivity index (χ0v) is 13.9. The van der Waals surface area contributed by atoms with Gasteiger partial charge < -0.3 is 15.3 Å². The summed E-state index contributed by atoms with van der Waals surface area (Å²) in [5.41, 5.74) is 0.820. The molecule has 120 valence electrons. The van der Waals surface area contributed by atoms with E-state index in [1.807, 2.05) is 31.0 Å². The molecule has 2 rings (SSSR count). The summed E-state index contributed by atoms with van der Waals surface area (Å²) >= 11 is 5.88. The molecule has 0 bridgehead atoms. The lowest BCUT2D eigenvalue weighted by molar-refractivity contribution is -0.119. The van der Waals surface area contributed by atoms with Gasteiger partial charge in [0.05, 0.1) is 12.0 Å². The minimum Gasteiger partial charge on any atom is -0.508 e. The highest BCUT2D eigenvalue weighted by atomic mass is 35.5. The number of benzene rings is 1. The predicted molar refractivity (Wildman–Crippen MR) is 91.8 cm³/mol. The number of rotatable bonds is 4. The normalized spacial score (nSPS) is 14.2. The van der Waals surface area contributed by atoms with Crippen LogP contribution in [0, 0.1) is 12.3 Å². The van der Waals surface area contributed by atoms with Crippen LogP contribution >= 0.6 is 11.6 Å². The van der Waals surface area contributed by atoms with Crippen molar-refractivity contribution in [2.24, 2.45) is 0 Å². The van der Waals surface area contributed by atoms with E-state index in [0.717, 1.165) is 0 Å². The number of aromatic hydroxyl groups is 1. The first-order chi connectivity index (χ1) is 10.8. The molecule has 1 aromatic carbocycles. The molecule has 0 unspecified atom stereocenters. The molecule has 0 aromatic heterocycles. The van der Waals surface area contributed by atoms with Crippen molar-refractivity contribution in [1.29, 1.82) is 0 Å². The highest BCUT2D eigenvalue weighted by molar-refractivity contribution is 6.30. The first-order valence-corrected chi connectivity index (χ1v) is 7.60. The van der Waals surface area contributed by atoms with Crippen molar-refractivity contribution in [3.05, 3.63) is 52.8 Å². The fourth-order valence-corrected chi connectivity index (χ4v) is 2.35. The second-order valence-electron chi connectivity index (χ2n) is 5.83. The van der Waals surface area contributed by atoms with Crippen molar-refractivity contribution >= 4 is 17.5 Å². The maximum Gasteiger partial charge on any atom is 0.228 e. The van der Waals surface area contributed by atoms with E-state index in [9.17, 15) is 9.90 Å². The molecular formula is C18H19ClN2O2. The van der Waals surface area contributed by atoms with Crippen LogP contribution in [-0.4, -0.2) is 28.0 Å². The largest absolute Gasteiger partial charge is 0.508 e. The highest BCUT2D eigenvalue weighted by Gasteiger charge is 2.22. The Kier molecular flexibility index (Phi) is 5.02. The van der Waals surface area contributed by atoms with Crippen LogP contribution in [-0.2, 0) is 11.2 Å². The Bertz CT molecular complexity index is 714. The number of carbonyl (C=O) groups excluding carboxylic acids is 1. The molecule has 1 heterocycles. The Morgan fingerprint density at radius 1 is 1.52 bits per heavy atom. The number of halogens is 1.